The average molecular weight is 397 g/mol. The number of hydrogen-bond acceptors (Lipinski definition) is 5. The van der Waals surface area contributed by atoms with Gasteiger partial charge in [-0.25, -0.2) is 0 Å². The Morgan fingerprint density at radius 1 is 1.04 bits per heavy atom. The maximum atomic E-state index is 6.06. The van der Waals surface area contributed by atoms with Crippen molar-refractivity contribution in [2.24, 2.45) is 0 Å². The zero-order valence-electron chi connectivity index (χ0n) is 16.3. The van der Waals surface area contributed by atoms with E-state index in [2.05, 4.69) is 58.1 Å². The highest BCUT2D eigenvalue weighted by Crippen LogP contribution is 2.26. The summed E-state index contributed by atoms with van der Waals surface area (Å²) in [6.07, 6.45) is 0. The minimum atomic E-state index is 0.0987. The third-order valence-corrected chi connectivity index (χ3v) is 5.55. The van der Waals surface area contributed by atoms with Crippen molar-refractivity contribution in [3.8, 4) is 11.5 Å². The second-order valence-electron chi connectivity index (χ2n) is 7.43. The lowest BCUT2D eigenvalue weighted by atomic mass is 10.1. The summed E-state index contributed by atoms with van der Waals surface area (Å²) in [5.41, 5.74) is 3.54. The molecule has 2 aromatic carbocycles. The summed E-state index contributed by atoms with van der Waals surface area (Å²) in [6, 6.07) is 16.3. The van der Waals surface area contributed by atoms with Crippen LogP contribution in [0.15, 0.2) is 52.9 Å². The van der Waals surface area contributed by atoms with Gasteiger partial charge in [-0.1, -0.05) is 47.5 Å². The Labute approximate surface area is 170 Å². The van der Waals surface area contributed by atoms with Gasteiger partial charge >= 0.3 is 0 Å². The standard InChI is InChI=1S/C22H25ClN4O/c1-16-5-3-6-18(13-16)15-26-9-11-27(12-10-26)17(2)21-24-25-22(28-21)19-7-4-8-20(23)14-19/h3-8,13-14,17H,9-12,15H2,1-2H3/t17-/m0/s1. The van der Waals surface area contributed by atoms with Gasteiger partial charge in [-0.15, -0.1) is 10.2 Å². The molecule has 2 heterocycles. The number of aryl methyl sites for hydroxylation is 1. The Bertz CT molecular complexity index is 934. The van der Waals surface area contributed by atoms with Gasteiger partial charge in [0.2, 0.25) is 11.8 Å². The molecule has 1 aliphatic rings. The number of nitrogens with zero attached hydrogens (tertiary/aromatic N) is 4. The van der Waals surface area contributed by atoms with Gasteiger partial charge in [0.1, 0.15) is 0 Å². The first-order chi connectivity index (χ1) is 13.6. The monoisotopic (exact) mass is 396 g/mol. The predicted octanol–water partition coefficient (Wildman–Crippen LogP) is 4.58. The minimum absolute atomic E-state index is 0.0987. The molecule has 0 N–H and O–H groups in total. The lowest BCUT2D eigenvalue weighted by molar-refractivity contribution is 0.0876. The van der Waals surface area contributed by atoms with Gasteiger partial charge in [0.25, 0.3) is 0 Å². The quantitative estimate of drug-likeness (QED) is 0.631. The van der Waals surface area contributed by atoms with Crippen LogP contribution in [0.5, 0.6) is 0 Å². The summed E-state index contributed by atoms with van der Waals surface area (Å²) in [6.45, 7) is 9.32. The molecule has 0 spiro atoms. The molecule has 0 amide bonds. The van der Waals surface area contributed by atoms with E-state index in [0.717, 1.165) is 38.3 Å². The number of hydrogen-bond donors (Lipinski definition) is 0. The second kappa shape index (κ2) is 8.43. The molecule has 0 unspecified atom stereocenters. The molecule has 6 heteroatoms. The lowest BCUT2D eigenvalue weighted by Crippen LogP contribution is -2.46. The third-order valence-electron chi connectivity index (χ3n) is 5.31. The fraction of sp³-hybridized carbons (Fsp3) is 0.364. The van der Waals surface area contributed by atoms with Crippen molar-refractivity contribution in [2.75, 3.05) is 26.2 Å². The molecule has 0 aliphatic carbocycles. The number of rotatable bonds is 5. The van der Waals surface area contributed by atoms with Gasteiger partial charge in [0.15, 0.2) is 0 Å². The summed E-state index contributed by atoms with van der Waals surface area (Å²) in [5, 5.41) is 9.15. The molecule has 4 rings (SSSR count). The molecular formula is C22H25ClN4O. The van der Waals surface area contributed by atoms with Crippen LogP contribution in [0, 0.1) is 6.92 Å². The molecule has 5 nitrogen and oxygen atoms in total. The summed E-state index contributed by atoms with van der Waals surface area (Å²) in [5.74, 6) is 1.17. The highest BCUT2D eigenvalue weighted by molar-refractivity contribution is 6.30. The van der Waals surface area contributed by atoms with Gasteiger partial charge < -0.3 is 4.42 Å². The Morgan fingerprint density at radius 3 is 2.57 bits per heavy atom. The number of benzene rings is 2. The molecule has 1 saturated heterocycles. The summed E-state index contributed by atoms with van der Waals surface area (Å²) < 4.78 is 5.94. The predicted molar refractivity (Wildman–Crippen MR) is 111 cm³/mol. The lowest BCUT2D eigenvalue weighted by Gasteiger charge is -2.36. The maximum Gasteiger partial charge on any atom is 0.247 e. The SMILES string of the molecule is Cc1cccc(CN2CCN([C@@H](C)c3nnc(-c4cccc(Cl)c4)o3)CC2)c1. The molecule has 1 atom stereocenters. The topological polar surface area (TPSA) is 45.4 Å². The van der Waals surface area contributed by atoms with E-state index in [1.54, 1.807) is 0 Å². The second-order valence-corrected chi connectivity index (χ2v) is 7.87. The summed E-state index contributed by atoms with van der Waals surface area (Å²) >= 11 is 6.06. The van der Waals surface area contributed by atoms with Crippen LogP contribution in [-0.2, 0) is 6.54 Å². The van der Waals surface area contributed by atoms with Gasteiger partial charge in [0, 0.05) is 43.3 Å². The van der Waals surface area contributed by atoms with Crippen molar-refractivity contribution in [3.63, 3.8) is 0 Å². The van der Waals surface area contributed by atoms with Crippen LogP contribution in [0.4, 0.5) is 0 Å². The largest absolute Gasteiger partial charge is 0.419 e. The molecule has 146 valence electrons. The minimum Gasteiger partial charge on any atom is -0.419 e. The zero-order chi connectivity index (χ0) is 19.5. The van der Waals surface area contributed by atoms with Gasteiger partial charge in [-0.2, -0.15) is 0 Å². The maximum absolute atomic E-state index is 6.06. The van der Waals surface area contributed by atoms with Crippen LogP contribution < -0.4 is 0 Å². The third kappa shape index (κ3) is 4.43. The van der Waals surface area contributed by atoms with Crippen molar-refractivity contribution < 1.29 is 4.42 Å². The molecule has 1 aliphatic heterocycles. The fourth-order valence-corrected chi connectivity index (χ4v) is 3.87. The average Bonchev–Trinajstić information content (AvgIpc) is 3.18. The number of aromatic nitrogens is 2. The van der Waals surface area contributed by atoms with E-state index < -0.39 is 0 Å². The van der Waals surface area contributed by atoms with E-state index in [-0.39, 0.29) is 6.04 Å². The molecule has 1 fully saturated rings. The molecule has 0 saturated carbocycles. The van der Waals surface area contributed by atoms with E-state index in [9.17, 15) is 0 Å². The Morgan fingerprint density at radius 2 is 1.82 bits per heavy atom. The fourth-order valence-electron chi connectivity index (χ4n) is 3.68. The Kier molecular flexibility index (Phi) is 5.76. The highest BCUT2D eigenvalue weighted by Gasteiger charge is 2.26. The van der Waals surface area contributed by atoms with Crippen molar-refractivity contribution in [1.82, 2.24) is 20.0 Å². The van der Waals surface area contributed by atoms with Crippen LogP contribution in [0.25, 0.3) is 11.5 Å². The summed E-state index contributed by atoms with van der Waals surface area (Å²) in [7, 11) is 0. The Hall–Kier alpha value is -2.21. The van der Waals surface area contributed by atoms with E-state index >= 15 is 0 Å². The van der Waals surface area contributed by atoms with Crippen LogP contribution in [-0.4, -0.2) is 46.2 Å². The first-order valence-corrected chi connectivity index (χ1v) is 10.1. The Balaban J connectivity index is 1.36. The number of piperazine rings is 1. The van der Waals surface area contributed by atoms with Crippen molar-refractivity contribution in [3.05, 3.63) is 70.6 Å². The van der Waals surface area contributed by atoms with E-state index in [1.165, 1.54) is 11.1 Å². The molecule has 0 radical (unpaired) electrons. The van der Waals surface area contributed by atoms with Gasteiger partial charge in [0.05, 0.1) is 6.04 Å². The molecular weight excluding hydrogens is 372 g/mol. The molecule has 3 aromatic rings. The first kappa shape index (κ1) is 19.1. The van der Waals surface area contributed by atoms with Crippen LogP contribution in [0.2, 0.25) is 5.02 Å². The van der Waals surface area contributed by atoms with Crippen LogP contribution in [0.3, 0.4) is 0 Å². The normalized spacial score (nSPS) is 17.0. The van der Waals surface area contributed by atoms with E-state index in [4.69, 9.17) is 16.0 Å². The first-order valence-electron chi connectivity index (χ1n) is 9.70. The van der Waals surface area contributed by atoms with Crippen LogP contribution >= 0.6 is 11.6 Å². The molecule has 1 aromatic heterocycles. The highest BCUT2D eigenvalue weighted by atomic mass is 35.5. The van der Waals surface area contributed by atoms with E-state index in [1.807, 2.05) is 24.3 Å². The van der Waals surface area contributed by atoms with Crippen molar-refractivity contribution in [2.45, 2.75) is 26.4 Å². The van der Waals surface area contributed by atoms with Gasteiger partial charge in [-0.3, -0.25) is 9.80 Å². The van der Waals surface area contributed by atoms with Gasteiger partial charge in [-0.05, 0) is 37.6 Å². The van der Waals surface area contributed by atoms with Crippen LogP contribution in [0.1, 0.15) is 30.0 Å². The van der Waals surface area contributed by atoms with E-state index in [0.29, 0.717) is 16.8 Å². The van der Waals surface area contributed by atoms with Crippen molar-refractivity contribution in [1.29, 1.82) is 0 Å². The summed E-state index contributed by atoms with van der Waals surface area (Å²) in [4.78, 5) is 4.91. The zero-order valence-corrected chi connectivity index (χ0v) is 17.1. The number of halogens is 1. The molecule has 0 bridgehead atoms. The van der Waals surface area contributed by atoms with Crippen molar-refractivity contribution >= 4 is 11.6 Å². The molecule has 28 heavy (non-hydrogen) atoms. The smallest absolute Gasteiger partial charge is 0.247 e.